The number of ether oxygens (including phenoxy) is 2. The van der Waals surface area contributed by atoms with Crippen molar-refractivity contribution in [2.24, 2.45) is 0 Å². The Morgan fingerprint density at radius 1 is 0.850 bits per heavy atom. The first-order chi connectivity index (χ1) is 8.76. The number of rotatable bonds is 3. The minimum Gasteiger partial charge on any atom is -0.406 e. The fraction of sp³-hybridized carbons (Fsp3) is 0.250. The summed E-state index contributed by atoms with van der Waals surface area (Å²) >= 11 is 0. The lowest BCUT2D eigenvalue weighted by atomic mass is 10.3. The van der Waals surface area contributed by atoms with Gasteiger partial charge >= 0.3 is 12.7 Å². The Bertz CT molecular complexity index is 560. The molecule has 0 fully saturated rings. The zero-order chi connectivity index (χ0) is 15.8. The topological polar surface area (TPSA) is 52.6 Å². The van der Waals surface area contributed by atoms with Crippen LogP contribution >= 0.6 is 10.7 Å². The lowest BCUT2D eigenvalue weighted by Gasteiger charge is -2.13. The van der Waals surface area contributed by atoms with E-state index in [1.165, 1.54) is 0 Å². The minimum absolute atomic E-state index is 0.215. The molecule has 1 aromatic rings. The minimum atomic E-state index is -5.23. The van der Waals surface area contributed by atoms with Gasteiger partial charge in [-0.05, 0) is 0 Å². The molecule has 1 rings (SSSR count). The van der Waals surface area contributed by atoms with Gasteiger partial charge in [-0.15, -0.1) is 26.3 Å². The van der Waals surface area contributed by atoms with Crippen LogP contribution in [0.3, 0.4) is 0 Å². The Kier molecular flexibility index (Phi) is 4.34. The van der Waals surface area contributed by atoms with Gasteiger partial charge in [-0.3, -0.25) is 0 Å². The molecule has 0 atom stereocenters. The van der Waals surface area contributed by atoms with Crippen LogP contribution in [-0.4, -0.2) is 21.1 Å². The van der Waals surface area contributed by atoms with E-state index in [0.29, 0.717) is 12.1 Å². The predicted octanol–water partition coefficient (Wildman–Crippen LogP) is 3.41. The van der Waals surface area contributed by atoms with Gasteiger partial charge < -0.3 is 9.47 Å². The number of halogens is 7. The summed E-state index contributed by atoms with van der Waals surface area (Å²) in [7, 11) is 0.262. The Balaban J connectivity index is 3.29. The molecule has 0 heterocycles. The van der Waals surface area contributed by atoms with Gasteiger partial charge in [0.25, 0.3) is 9.05 Å². The van der Waals surface area contributed by atoms with Crippen molar-refractivity contribution in [1.29, 1.82) is 0 Å². The summed E-state index contributed by atoms with van der Waals surface area (Å²) in [6, 6.07) is 0.824. The van der Waals surface area contributed by atoms with E-state index in [1.54, 1.807) is 0 Å². The van der Waals surface area contributed by atoms with Crippen molar-refractivity contribution in [2.45, 2.75) is 17.6 Å². The summed E-state index contributed by atoms with van der Waals surface area (Å²) in [4.78, 5) is -1.04. The molecule has 0 aliphatic carbocycles. The van der Waals surface area contributed by atoms with Gasteiger partial charge in [0.05, 0.1) is 4.90 Å². The molecule has 4 nitrogen and oxygen atoms in total. The van der Waals surface area contributed by atoms with E-state index >= 15 is 0 Å². The molecule has 1 aromatic carbocycles. The highest BCUT2D eigenvalue weighted by atomic mass is 35.7. The average molecular weight is 345 g/mol. The maximum atomic E-state index is 12.0. The van der Waals surface area contributed by atoms with Gasteiger partial charge in [0.2, 0.25) is 0 Å². The van der Waals surface area contributed by atoms with Gasteiger partial charge in [0.1, 0.15) is 11.5 Å². The largest absolute Gasteiger partial charge is 0.573 e. The third kappa shape index (κ3) is 5.74. The molecule has 0 saturated heterocycles. The summed E-state index contributed by atoms with van der Waals surface area (Å²) in [5.74, 6) is -2.45. The fourth-order valence-electron chi connectivity index (χ4n) is 1.07. The molecule has 0 amide bonds. The number of alkyl halides is 6. The third-order valence-corrected chi connectivity index (χ3v) is 2.94. The van der Waals surface area contributed by atoms with Crippen molar-refractivity contribution in [3.63, 3.8) is 0 Å². The van der Waals surface area contributed by atoms with Crippen LogP contribution in [0, 0.1) is 0 Å². The molecule has 114 valence electrons. The zero-order valence-electron chi connectivity index (χ0n) is 8.92. The monoisotopic (exact) mass is 344 g/mol. The van der Waals surface area contributed by atoms with Gasteiger partial charge in [-0.25, -0.2) is 8.42 Å². The summed E-state index contributed by atoms with van der Waals surface area (Å²) in [5.41, 5.74) is 0. The van der Waals surface area contributed by atoms with Crippen molar-refractivity contribution in [3.05, 3.63) is 18.2 Å². The van der Waals surface area contributed by atoms with Crippen LogP contribution in [0.15, 0.2) is 23.1 Å². The van der Waals surface area contributed by atoms with Crippen LogP contribution in [0.4, 0.5) is 26.3 Å². The molecular weight excluding hydrogens is 342 g/mol. The van der Waals surface area contributed by atoms with Gasteiger partial charge in [-0.1, -0.05) is 0 Å². The second-order valence-electron chi connectivity index (χ2n) is 3.17. The number of benzene rings is 1. The predicted molar refractivity (Wildman–Crippen MR) is 52.8 cm³/mol. The van der Waals surface area contributed by atoms with E-state index < -0.39 is 38.2 Å². The number of hydrogen-bond donors (Lipinski definition) is 0. The Morgan fingerprint density at radius 3 is 1.45 bits per heavy atom. The molecule has 12 heteroatoms. The smallest absolute Gasteiger partial charge is 0.406 e. The lowest BCUT2D eigenvalue weighted by Crippen LogP contribution is -2.19. The maximum Gasteiger partial charge on any atom is 0.573 e. The number of hydrogen-bond acceptors (Lipinski definition) is 4. The summed E-state index contributed by atoms with van der Waals surface area (Å²) in [6.45, 7) is 0. The van der Waals surface area contributed by atoms with E-state index in [9.17, 15) is 34.8 Å². The first-order valence-electron chi connectivity index (χ1n) is 4.37. The quantitative estimate of drug-likeness (QED) is 0.623. The van der Waals surface area contributed by atoms with Crippen molar-refractivity contribution in [2.75, 3.05) is 0 Å². The first kappa shape index (κ1) is 16.7. The Morgan fingerprint density at radius 2 is 1.20 bits per heavy atom. The molecule has 0 bridgehead atoms. The standard InChI is InChI=1S/C8H3ClF6O4S/c9-20(16,17)6-2-4(18-7(10,11)12)1-5(3-6)19-8(13,14)15/h1-3H. The van der Waals surface area contributed by atoms with Crippen LogP contribution in [0.5, 0.6) is 11.5 Å². The van der Waals surface area contributed by atoms with Crippen molar-refractivity contribution in [1.82, 2.24) is 0 Å². The van der Waals surface area contributed by atoms with Crippen molar-refractivity contribution < 1.29 is 44.2 Å². The second-order valence-corrected chi connectivity index (χ2v) is 5.74. The van der Waals surface area contributed by atoms with Crippen LogP contribution in [-0.2, 0) is 9.05 Å². The Labute approximate surface area is 112 Å². The van der Waals surface area contributed by atoms with Crippen LogP contribution in [0.2, 0.25) is 0 Å². The van der Waals surface area contributed by atoms with Crippen molar-refractivity contribution in [3.8, 4) is 11.5 Å². The molecule has 0 aliphatic rings. The normalized spacial score (nSPS) is 13.2. The van der Waals surface area contributed by atoms with Gasteiger partial charge in [-0.2, -0.15) is 0 Å². The van der Waals surface area contributed by atoms with E-state index in [0.717, 1.165) is 0 Å². The molecule has 0 spiro atoms. The molecule has 0 aliphatic heterocycles. The van der Waals surface area contributed by atoms with Crippen molar-refractivity contribution >= 4 is 19.7 Å². The highest BCUT2D eigenvalue weighted by Gasteiger charge is 2.34. The third-order valence-electron chi connectivity index (χ3n) is 1.60. The molecule has 0 radical (unpaired) electrons. The summed E-state index contributed by atoms with van der Waals surface area (Å²) in [6.07, 6.45) is -10.5. The molecule has 20 heavy (non-hydrogen) atoms. The van der Waals surface area contributed by atoms with E-state index in [1.807, 2.05) is 0 Å². The van der Waals surface area contributed by atoms with Crippen LogP contribution in [0.25, 0.3) is 0 Å². The lowest BCUT2D eigenvalue weighted by molar-refractivity contribution is -0.276. The molecule has 0 unspecified atom stereocenters. The van der Waals surface area contributed by atoms with Crippen LogP contribution in [0.1, 0.15) is 0 Å². The Hall–Kier alpha value is -1.36. The van der Waals surface area contributed by atoms with E-state index in [-0.39, 0.29) is 6.07 Å². The SMILES string of the molecule is O=S(=O)(Cl)c1cc(OC(F)(F)F)cc(OC(F)(F)F)c1. The molecule has 0 saturated carbocycles. The summed E-state index contributed by atoms with van der Waals surface area (Å²) < 4.78 is 100. The first-order valence-corrected chi connectivity index (χ1v) is 6.68. The molecule has 0 N–H and O–H groups in total. The van der Waals surface area contributed by atoms with E-state index in [2.05, 4.69) is 9.47 Å². The van der Waals surface area contributed by atoms with E-state index in [4.69, 9.17) is 10.7 Å². The van der Waals surface area contributed by atoms with Crippen LogP contribution < -0.4 is 9.47 Å². The molecular formula is C8H3ClF6O4S. The van der Waals surface area contributed by atoms with Gasteiger partial charge in [0.15, 0.2) is 0 Å². The summed E-state index contributed by atoms with van der Waals surface area (Å²) in [5, 5.41) is 0. The zero-order valence-corrected chi connectivity index (χ0v) is 10.5. The highest BCUT2D eigenvalue weighted by molar-refractivity contribution is 8.13. The second kappa shape index (κ2) is 5.20. The van der Waals surface area contributed by atoms with Gasteiger partial charge in [0, 0.05) is 28.9 Å². The highest BCUT2D eigenvalue weighted by Crippen LogP contribution is 2.33. The fourth-order valence-corrected chi connectivity index (χ4v) is 1.85. The molecule has 0 aromatic heterocycles. The maximum absolute atomic E-state index is 12.0. The average Bonchev–Trinajstić information content (AvgIpc) is 2.09.